The van der Waals surface area contributed by atoms with Crippen LogP contribution < -0.4 is 0 Å². The fourth-order valence-electron chi connectivity index (χ4n) is 2.45. The second-order valence-electron chi connectivity index (χ2n) is 8.90. The monoisotopic (exact) mass is 346 g/mol. The molecule has 0 saturated carbocycles. The highest BCUT2D eigenvalue weighted by atomic mass is 32.2. The molecule has 1 aliphatic heterocycles. The molecule has 0 N–H and O–H groups in total. The van der Waals surface area contributed by atoms with Crippen molar-refractivity contribution >= 4 is 20.1 Å². The molecular formula is C17H34O3SSi. The number of hydrogen-bond acceptors (Lipinski definition) is 4. The van der Waals surface area contributed by atoms with Gasteiger partial charge in [-0.05, 0) is 59.8 Å². The standard InChI is InChI=1S/C17H34O3SSi/c1-15(2,3)21-14(19-22(8,9)10)12-11-13-16(4,5)20-17(6,7)18-13/h12-13H,11H2,1-10H3/b14-12+/t13-/m0/s1. The molecule has 0 amide bonds. The summed E-state index contributed by atoms with van der Waals surface area (Å²) in [6.07, 6.45) is 3.04. The maximum absolute atomic E-state index is 6.26. The normalized spacial score (nSPS) is 25.4. The zero-order chi connectivity index (χ0) is 17.4. The minimum absolute atomic E-state index is 0.0447. The molecule has 1 atom stereocenters. The van der Waals surface area contributed by atoms with E-state index in [9.17, 15) is 0 Å². The van der Waals surface area contributed by atoms with Crippen molar-refractivity contribution in [2.75, 3.05) is 0 Å². The van der Waals surface area contributed by atoms with Crippen molar-refractivity contribution in [1.82, 2.24) is 0 Å². The fourth-order valence-corrected chi connectivity index (χ4v) is 4.84. The van der Waals surface area contributed by atoms with Crippen LogP contribution in [-0.4, -0.2) is 30.6 Å². The molecule has 1 heterocycles. The van der Waals surface area contributed by atoms with Gasteiger partial charge in [0.1, 0.15) is 5.09 Å². The number of thioether (sulfide) groups is 1. The molecule has 0 aromatic heterocycles. The quantitative estimate of drug-likeness (QED) is 0.483. The first-order valence-electron chi connectivity index (χ1n) is 8.06. The van der Waals surface area contributed by atoms with Gasteiger partial charge in [-0.3, -0.25) is 0 Å². The summed E-state index contributed by atoms with van der Waals surface area (Å²) in [4.78, 5) is 0. The minimum Gasteiger partial charge on any atom is -0.540 e. The van der Waals surface area contributed by atoms with E-state index < -0.39 is 14.1 Å². The highest BCUT2D eigenvalue weighted by Gasteiger charge is 2.46. The lowest BCUT2D eigenvalue weighted by Crippen LogP contribution is -2.33. The Balaban J connectivity index is 2.84. The van der Waals surface area contributed by atoms with Gasteiger partial charge in [0.25, 0.3) is 0 Å². The average Bonchev–Trinajstić information content (AvgIpc) is 2.37. The molecule has 0 aliphatic carbocycles. The zero-order valence-electron chi connectivity index (χ0n) is 16.0. The van der Waals surface area contributed by atoms with Gasteiger partial charge < -0.3 is 13.9 Å². The van der Waals surface area contributed by atoms with E-state index in [1.54, 1.807) is 11.8 Å². The van der Waals surface area contributed by atoms with Gasteiger partial charge in [-0.2, -0.15) is 0 Å². The highest BCUT2D eigenvalue weighted by molar-refractivity contribution is 8.04. The molecule has 0 aromatic carbocycles. The number of rotatable bonds is 5. The average molecular weight is 347 g/mol. The van der Waals surface area contributed by atoms with Crippen molar-refractivity contribution in [2.45, 2.75) is 96.8 Å². The molecule has 1 saturated heterocycles. The summed E-state index contributed by atoms with van der Waals surface area (Å²) >= 11 is 1.79. The molecule has 1 rings (SSSR count). The van der Waals surface area contributed by atoms with Gasteiger partial charge >= 0.3 is 0 Å². The van der Waals surface area contributed by atoms with Gasteiger partial charge in [0.2, 0.25) is 8.32 Å². The van der Waals surface area contributed by atoms with Crippen molar-refractivity contribution in [3.63, 3.8) is 0 Å². The molecule has 5 heteroatoms. The van der Waals surface area contributed by atoms with E-state index in [1.807, 2.05) is 13.8 Å². The van der Waals surface area contributed by atoms with Crippen molar-refractivity contribution in [3.8, 4) is 0 Å². The smallest absolute Gasteiger partial charge is 0.242 e. The van der Waals surface area contributed by atoms with Gasteiger partial charge in [-0.25, -0.2) is 0 Å². The van der Waals surface area contributed by atoms with Gasteiger partial charge in [-0.1, -0.05) is 32.5 Å². The number of ether oxygens (including phenoxy) is 2. The minimum atomic E-state index is -1.62. The second-order valence-corrected chi connectivity index (χ2v) is 15.2. The van der Waals surface area contributed by atoms with Crippen LogP contribution in [0, 0.1) is 0 Å². The third-order valence-electron chi connectivity index (χ3n) is 3.02. The van der Waals surface area contributed by atoms with Gasteiger partial charge in [0.15, 0.2) is 5.79 Å². The Hall–Kier alpha value is 0.0269. The maximum atomic E-state index is 6.26. The molecule has 130 valence electrons. The SMILES string of the molecule is CC1(C)O[C@@H](C/C=C(\O[Si](C)(C)C)SC(C)(C)C)C(C)(C)O1. The summed E-state index contributed by atoms with van der Waals surface area (Å²) in [5.74, 6) is -0.515. The van der Waals surface area contributed by atoms with Crippen LogP contribution in [0.25, 0.3) is 0 Å². The van der Waals surface area contributed by atoms with Crippen LogP contribution >= 0.6 is 11.8 Å². The molecule has 0 radical (unpaired) electrons. The summed E-state index contributed by atoms with van der Waals surface area (Å²) in [5, 5.41) is 1.02. The predicted octanol–water partition coefficient (Wildman–Crippen LogP) is 5.53. The van der Waals surface area contributed by atoms with Crippen LogP contribution in [0.2, 0.25) is 19.6 Å². The van der Waals surface area contributed by atoms with Gasteiger partial charge in [0.05, 0.1) is 11.7 Å². The van der Waals surface area contributed by atoms with Crippen LogP contribution in [0.4, 0.5) is 0 Å². The first kappa shape index (κ1) is 20.1. The Labute approximate surface area is 142 Å². The van der Waals surface area contributed by atoms with Crippen molar-refractivity contribution in [3.05, 3.63) is 11.2 Å². The molecule has 1 fully saturated rings. The van der Waals surface area contributed by atoms with Gasteiger partial charge in [-0.15, -0.1) is 0 Å². The Kier molecular flexibility index (Phi) is 5.93. The molecule has 0 unspecified atom stereocenters. The summed E-state index contributed by atoms with van der Waals surface area (Å²) in [6.45, 7) is 21.4. The lowest BCUT2D eigenvalue weighted by molar-refractivity contribution is -0.157. The van der Waals surface area contributed by atoms with Gasteiger partial charge in [0, 0.05) is 4.75 Å². The molecule has 1 aliphatic rings. The topological polar surface area (TPSA) is 27.7 Å². The van der Waals surface area contributed by atoms with Crippen molar-refractivity contribution < 1.29 is 13.9 Å². The fraction of sp³-hybridized carbons (Fsp3) is 0.882. The second kappa shape index (κ2) is 6.50. The Morgan fingerprint density at radius 2 is 1.73 bits per heavy atom. The molecule has 3 nitrogen and oxygen atoms in total. The zero-order valence-corrected chi connectivity index (χ0v) is 17.8. The molecule has 0 spiro atoms. The van der Waals surface area contributed by atoms with Crippen molar-refractivity contribution in [2.24, 2.45) is 0 Å². The Morgan fingerprint density at radius 3 is 2.09 bits per heavy atom. The van der Waals surface area contributed by atoms with E-state index in [2.05, 4.69) is 60.3 Å². The van der Waals surface area contributed by atoms with E-state index in [0.717, 1.165) is 11.5 Å². The Bertz CT molecular complexity index is 399. The molecule has 22 heavy (non-hydrogen) atoms. The lowest BCUT2D eigenvalue weighted by Gasteiger charge is -2.27. The summed E-state index contributed by atoms with van der Waals surface area (Å²) in [7, 11) is -1.62. The van der Waals surface area contributed by atoms with E-state index in [4.69, 9.17) is 13.9 Å². The largest absolute Gasteiger partial charge is 0.540 e. The summed E-state index contributed by atoms with van der Waals surface area (Å²) in [5.41, 5.74) is -0.281. The van der Waals surface area contributed by atoms with E-state index in [-0.39, 0.29) is 16.5 Å². The third kappa shape index (κ3) is 7.07. The van der Waals surface area contributed by atoms with Crippen LogP contribution in [0.15, 0.2) is 11.2 Å². The summed E-state index contributed by atoms with van der Waals surface area (Å²) < 4.78 is 18.4. The van der Waals surface area contributed by atoms with Crippen LogP contribution in [-0.2, 0) is 13.9 Å². The predicted molar refractivity (Wildman–Crippen MR) is 98.6 cm³/mol. The molecular weight excluding hydrogens is 312 g/mol. The first-order valence-corrected chi connectivity index (χ1v) is 12.3. The lowest BCUT2D eigenvalue weighted by atomic mass is 9.99. The van der Waals surface area contributed by atoms with E-state index in [0.29, 0.717) is 0 Å². The third-order valence-corrected chi connectivity index (χ3v) is 5.07. The highest BCUT2D eigenvalue weighted by Crippen LogP contribution is 2.39. The number of hydrogen-bond donors (Lipinski definition) is 0. The van der Waals surface area contributed by atoms with Crippen LogP contribution in [0.3, 0.4) is 0 Å². The van der Waals surface area contributed by atoms with E-state index in [1.165, 1.54) is 0 Å². The maximum Gasteiger partial charge on any atom is 0.242 e. The van der Waals surface area contributed by atoms with Crippen LogP contribution in [0.1, 0.15) is 54.9 Å². The molecule has 0 bridgehead atoms. The summed E-state index contributed by atoms with van der Waals surface area (Å²) in [6, 6.07) is 0. The van der Waals surface area contributed by atoms with Crippen molar-refractivity contribution in [1.29, 1.82) is 0 Å². The van der Waals surface area contributed by atoms with Crippen LogP contribution in [0.5, 0.6) is 0 Å². The van der Waals surface area contributed by atoms with E-state index >= 15 is 0 Å². The first-order chi connectivity index (χ1) is 9.60. The Morgan fingerprint density at radius 1 is 1.18 bits per heavy atom. The molecule has 0 aromatic rings.